The topological polar surface area (TPSA) is 78.8 Å². The molecule has 27 heavy (non-hydrogen) atoms. The van der Waals surface area contributed by atoms with E-state index in [0.717, 1.165) is 37.2 Å². The van der Waals surface area contributed by atoms with Gasteiger partial charge in [0, 0.05) is 43.3 Å². The molecule has 1 atom stereocenters. The molecule has 4 rings (SSSR count). The number of likely N-dealkylation sites (tertiary alicyclic amines) is 1. The van der Waals surface area contributed by atoms with Crippen molar-refractivity contribution >= 4 is 6.03 Å². The molecule has 1 aliphatic heterocycles. The van der Waals surface area contributed by atoms with Crippen LogP contribution in [0.4, 0.5) is 4.79 Å². The SMILES string of the molecule is CC(NC(=O)N1CCC(c2ccn[nH]2)CC1)c1ccc(-n2cccn2)cc1. The van der Waals surface area contributed by atoms with Gasteiger partial charge in [0.15, 0.2) is 0 Å². The van der Waals surface area contributed by atoms with Crippen molar-refractivity contribution in [2.75, 3.05) is 13.1 Å². The number of amides is 2. The molecule has 3 heterocycles. The minimum Gasteiger partial charge on any atom is -0.331 e. The highest BCUT2D eigenvalue weighted by atomic mass is 16.2. The van der Waals surface area contributed by atoms with E-state index in [-0.39, 0.29) is 12.1 Å². The largest absolute Gasteiger partial charge is 0.331 e. The highest BCUT2D eigenvalue weighted by Crippen LogP contribution is 2.26. The number of carbonyl (C=O) groups is 1. The van der Waals surface area contributed by atoms with Crippen molar-refractivity contribution in [3.8, 4) is 5.69 Å². The third kappa shape index (κ3) is 3.86. The van der Waals surface area contributed by atoms with E-state index in [1.807, 2.05) is 59.1 Å². The lowest BCUT2D eigenvalue weighted by Gasteiger charge is -2.32. The molecule has 140 valence electrons. The molecule has 0 bridgehead atoms. The van der Waals surface area contributed by atoms with Crippen LogP contribution >= 0.6 is 0 Å². The number of urea groups is 1. The Hall–Kier alpha value is -3.09. The lowest BCUT2D eigenvalue weighted by Crippen LogP contribution is -2.44. The van der Waals surface area contributed by atoms with E-state index in [1.165, 1.54) is 5.69 Å². The van der Waals surface area contributed by atoms with Crippen LogP contribution in [-0.2, 0) is 0 Å². The smallest absolute Gasteiger partial charge is 0.317 e. The number of hydrogen-bond acceptors (Lipinski definition) is 3. The van der Waals surface area contributed by atoms with Crippen molar-refractivity contribution < 1.29 is 4.79 Å². The normalized spacial score (nSPS) is 16.3. The molecule has 1 fully saturated rings. The van der Waals surface area contributed by atoms with Crippen molar-refractivity contribution in [3.63, 3.8) is 0 Å². The van der Waals surface area contributed by atoms with Gasteiger partial charge in [-0.25, -0.2) is 9.48 Å². The van der Waals surface area contributed by atoms with Gasteiger partial charge in [-0.05, 0) is 49.6 Å². The Bertz CT molecular complexity index is 849. The molecule has 1 aliphatic rings. The summed E-state index contributed by atoms with van der Waals surface area (Å²) in [5.74, 6) is 0.462. The molecule has 1 saturated heterocycles. The number of H-pyrrole nitrogens is 1. The average molecular weight is 364 g/mol. The maximum absolute atomic E-state index is 12.6. The lowest BCUT2D eigenvalue weighted by molar-refractivity contribution is 0.178. The number of carbonyl (C=O) groups excluding carboxylic acids is 1. The van der Waals surface area contributed by atoms with Gasteiger partial charge in [-0.1, -0.05) is 12.1 Å². The molecule has 7 heteroatoms. The highest BCUT2D eigenvalue weighted by Gasteiger charge is 2.25. The third-order valence-corrected chi connectivity index (χ3v) is 5.25. The number of benzene rings is 1. The van der Waals surface area contributed by atoms with Gasteiger partial charge in [-0.15, -0.1) is 0 Å². The Labute approximate surface area is 158 Å². The number of nitrogens with one attached hydrogen (secondary N) is 2. The van der Waals surface area contributed by atoms with E-state index < -0.39 is 0 Å². The van der Waals surface area contributed by atoms with Gasteiger partial charge >= 0.3 is 6.03 Å². The summed E-state index contributed by atoms with van der Waals surface area (Å²) in [5, 5.41) is 14.4. The number of rotatable bonds is 4. The summed E-state index contributed by atoms with van der Waals surface area (Å²) >= 11 is 0. The monoisotopic (exact) mass is 364 g/mol. The summed E-state index contributed by atoms with van der Waals surface area (Å²) < 4.78 is 1.82. The molecule has 0 aliphatic carbocycles. The lowest BCUT2D eigenvalue weighted by atomic mass is 9.94. The molecule has 2 aromatic heterocycles. The predicted octanol–water partition coefficient (Wildman–Crippen LogP) is 3.25. The minimum atomic E-state index is -0.0468. The first-order chi connectivity index (χ1) is 13.2. The first-order valence-corrected chi connectivity index (χ1v) is 9.35. The number of aromatic amines is 1. The summed E-state index contributed by atoms with van der Waals surface area (Å²) in [6, 6.07) is 12.0. The zero-order valence-corrected chi connectivity index (χ0v) is 15.4. The summed E-state index contributed by atoms with van der Waals surface area (Å²) in [5.41, 5.74) is 3.25. The standard InChI is InChI=1S/C20H24N6O/c1-15(16-3-5-18(6-4-16)26-12-2-10-22-26)23-20(27)25-13-8-17(9-14-25)19-7-11-21-24-19/h2-7,10-12,15,17H,8-9,13-14H2,1H3,(H,21,24)(H,23,27). The fraction of sp³-hybridized carbons (Fsp3) is 0.350. The average Bonchev–Trinajstić information content (AvgIpc) is 3.42. The fourth-order valence-electron chi connectivity index (χ4n) is 3.58. The molecule has 2 amide bonds. The van der Waals surface area contributed by atoms with E-state index in [9.17, 15) is 4.79 Å². The van der Waals surface area contributed by atoms with E-state index in [4.69, 9.17) is 0 Å². The number of piperidine rings is 1. The molecule has 0 spiro atoms. The van der Waals surface area contributed by atoms with Crippen molar-refractivity contribution in [1.29, 1.82) is 0 Å². The molecular weight excluding hydrogens is 340 g/mol. The van der Waals surface area contributed by atoms with E-state index in [0.29, 0.717) is 5.92 Å². The summed E-state index contributed by atoms with van der Waals surface area (Å²) in [4.78, 5) is 14.5. The van der Waals surface area contributed by atoms with Crippen molar-refractivity contribution in [2.45, 2.75) is 31.7 Å². The maximum Gasteiger partial charge on any atom is 0.317 e. The Morgan fingerprint density at radius 3 is 2.59 bits per heavy atom. The second-order valence-electron chi connectivity index (χ2n) is 6.99. The highest BCUT2D eigenvalue weighted by molar-refractivity contribution is 5.74. The zero-order chi connectivity index (χ0) is 18.6. The summed E-state index contributed by atoms with van der Waals surface area (Å²) in [6.45, 7) is 3.54. The second-order valence-corrected chi connectivity index (χ2v) is 6.99. The predicted molar refractivity (Wildman–Crippen MR) is 103 cm³/mol. The molecule has 0 saturated carbocycles. The van der Waals surface area contributed by atoms with Gasteiger partial charge in [0.25, 0.3) is 0 Å². The van der Waals surface area contributed by atoms with Crippen LogP contribution in [0.15, 0.2) is 55.0 Å². The van der Waals surface area contributed by atoms with Crippen LogP contribution in [0, 0.1) is 0 Å². The summed E-state index contributed by atoms with van der Waals surface area (Å²) in [7, 11) is 0. The van der Waals surface area contributed by atoms with Gasteiger partial charge in [0.05, 0.1) is 11.7 Å². The van der Waals surface area contributed by atoms with Crippen LogP contribution in [0.1, 0.15) is 43.0 Å². The fourth-order valence-corrected chi connectivity index (χ4v) is 3.58. The quantitative estimate of drug-likeness (QED) is 0.746. The van der Waals surface area contributed by atoms with E-state index in [1.54, 1.807) is 12.4 Å². The first-order valence-electron chi connectivity index (χ1n) is 9.35. The Morgan fingerprint density at radius 1 is 1.19 bits per heavy atom. The second kappa shape index (κ2) is 7.65. The maximum atomic E-state index is 12.6. The number of aromatic nitrogens is 4. The summed E-state index contributed by atoms with van der Waals surface area (Å²) in [6.07, 6.45) is 7.37. The van der Waals surface area contributed by atoms with Gasteiger partial charge in [0.1, 0.15) is 0 Å². The Kier molecular flexibility index (Phi) is 4.91. The van der Waals surface area contributed by atoms with Crippen LogP contribution in [0.5, 0.6) is 0 Å². The van der Waals surface area contributed by atoms with Gasteiger partial charge < -0.3 is 10.2 Å². The van der Waals surface area contributed by atoms with E-state index in [2.05, 4.69) is 20.6 Å². The van der Waals surface area contributed by atoms with Crippen LogP contribution < -0.4 is 5.32 Å². The van der Waals surface area contributed by atoms with Crippen LogP contribution in [-0.4, -0.2) is 44.0 Å². The minimum absolute atomic E-state index is 0.00159. The molecule has 1 aromatic carbocycles. The first kappa shape index (κ1) is 17.3. The van der Waals surface area contributed by atoms with Crippen LogP contribution in [0.25, 0.3) is 5.69 Å². The molecular formula is C20H24N6O. The van der Waals surface area contributed by atoms with Crippen LogP contribution in [0.2, 0.25) is 0 Å². The molecule has 1 unspecified atom stereocenters. The molecule has 3 aromatic rings. The third-order valence-electron chi connectivity index (χ3n) is 5.25. The van der Waals surface area contributed by atoms with Gasteiger partial charge in [0.2, 0.25) is 0 Å². The molecule has 2 N–H and O–H groups in total. The number of hydrogen-bond donors (Lipinski definition) is 2. The Morgan fingerprint density at radius 2 is 1.96 bits per heavy atom. The van der Waals surface area contributed by atoms with Crippen molar-refractivity contribution in [3.05, 3.63) is 66.2 Å². The van der Waals surface area contributed by atoms with Crippen molar-refractivity contribution in [1.82, 2.24) is 30.2 Å². The van der Waals surface area contributed by atoms with Crippen LogP contribution in [0.3, 0.4) is 0 Å². The number of nitrogens with zero attached hydrogens (tertiary/aromatic N) is 4. The van der Waals surface area contributed by atoms with E-state index >= 15 is 0 Å². The van der Waals surface area contributed by atoms with Gasteiger partial charge in [-0.3, -0.25) is 5.10 Å². The molecule has 7 nitrogen and oxygen atoms in total. The Balaban J connectivity index is 1.31. The molecule has 0 radical (unpaired) electrons. The van der Waals surface area contributed by atoms with Gasteiger partial charge in [-0.2, -0.15) is 10.2 Å². The zero-order valence-electron chi connectivity index (χ0n) is 15.4. The van der Waals surface area contributed by atoms with Crippen molar-refractivity contribution in [2.24, 2.45) is 0 Å².